The smallest absolute Gasteiger partial charge is 0.231 e. The van der Waals surface area contributed by atoms with Crippen molar-refractivity contribution in [1.82, 2.24) is 0 Å². The monoisotopic (exact) mass is 438 g/mol. The molecule has 1 aliphatic rings. The fraction of sp³-hybridized carbons (Fsp3) is 0.172. The van der Waals surface area contributed by atoms with E-state index in [0.717, 1.165) is 56.5 Å². The van der Waals surface area contributed by atoms with Gasteiger partial charge in [-0.05, 0) is 70.1 Å². The summed E-state index contributed by atoms with van der Waals surface area (Å²) in [5, 5.41) is 2.25. The van der Waals surface area contributed by atoms with Crippen molar-refractivity contribution < 1.29 is 18.9 Å². The van der Waals surface area contributed by atoms with E-state index in [4.69, 9.17) is 18.9 Å². The maximum atomic E-state index is 5.78. The topological polar surface area (TPSA) is 36.9 Å². The summed E-state index contributed by atoms with van der Waals surface area (Å²) in [4.78, 5) is 0. The maximum Gasteiger partial charge on any atom is 0.231 e. The molecule has 0 atom stereocenters. The third-order valence-electron chi connectivity index (χ3n) is 6.28. The Morgan fingerprint density at radius 1 is 0.939 bits per heavy atom. The highest BCUT2D eigenvalue weighted by molar-refractivity contribution is 5.96. The van der Waals surface area contributed by atoms with Gasteiger partial charge in [-0.3, -0.25) is 0 Å². The van der Waals surface area contributed by atoms with Crippen LogP contribution >= 0.6 is 0 Å². The molecule has 0 unspecified atom stereocenters. The molecule has 0 saturated carbocycles. The van der Waals surface area contributed by atoms with Crippen LogP contribution in [0, 0.1) is 6.92 Å². The van der Waals surface area contributed by atoms with E-state index >= 15 is 0 Å². The molecule has 0 saturated heterocycles. The van der Waals surface area contributed by atoms with Gasteiger partial charge in [0.2, 0.25) is 6.79 Å². The molecule has 4 nitrogen and oxygen atoms in total. The van der Waals surface area contributed by atoms with Gasteiger partial charge >= 0.3 is 0 Å². The lowest BCUT2D eigenvalue weighted by Gasteiger charge is -2.21. The first-order valence-corrected chi connectivity index (χ1v) is 10.9. The van der Waals surface area contributed by atoms with Gasteiger partial charge in [0.25, 0.3) is 0 Å². The van der Waals surface area contributed by atoms with Crippen molar-refractivity contribution >= 4 is 16.8 Å². The Hall–Kier alpha value is -3.92. The quantitative estimate of drug-likeness (QED) is 0.332. The molecule has 0 aromatic heterocycles. The van der Waals surface area contributed by atoms with E-state index in [1.807, 2.05) is 18.2 Å². The molecule has 0 radical (unpaired) electrons. The van der Waals surface area contributed by atoms with Crippen LogP contribution in [-0.4, -0.2) is 21.0 Å². The number of hydrogen-bond acceptors (Lipinski definition) is 4. The molecule has 0 N–H and O–H groups in total. The van der Waals surface area contributed by atoms with Crippen molar-refractivity contribution in [2.24, 2.45) is 0 Å². The summed E-state index contributed by atoms with van der Waals surface area (Å²) in [5.74, 6) is 2.95. The van der Waals surface area contributed by atoms with Crippen LogP contribution in [0.2, 0.25) is 0 Å². The highest BCUT2D eigenvalue weighted by Crippen LogP contribution is 2.45. The molecule has 0 amide bonds. The number of rotatable bonds is 6. The number of methoxy groups -OCH3 is 2. The SMILES string of the molecule is C=Cc1c(OC)c(OC)cc(Cc2ccccc2)c1-c1ccc2cc3c(cc2c1C)OCO3. The minimum absolute atomic E-state index is 0.259. The lowest BCUT2D eigenvalue weighted by atomic mass is 9.86. The van der Waals surface area contributed by atoms with Crippen LogP contribution in [0.1, 0.15) is 22.3 Å². The van der Waals surface area contributed by atoms with E-state index in [1.165, 1.54) is 5.56 Å². The molecule has 33 heavy (non-hydrogen) atoms. The van der Waals surface area contributed by atoms with Crippen LogP contribution in [0.5, 0.6) is 23.0 Å². The molecule has 0 bridgehead atoms. The van der Waals surface area contributed by atoms with Crippen molar-refractivity contribution in [2.75, 3.05) is 21.0 Å². The van der Waals surface area contributed by atoms with Crippen LogP contribution in [0.15, 0.2) is 67.2 Å². The van der Waals surface area contributed by atoms with Gasteiger partial charge in [-0.1, -0.05) is 55.1 Å². The van der Waals surface area contributed by atoms with Gasteiger partial charge in [0.15, 0.2) is 23.0 Å². The van der Waals surface area contributed by atoms with Gasteiger partial charge < -0.3 is 18.9 Å². The minimum atomic E-state index is 0.259. The average molecular weight is 439 g/mol. The first-order valence-electron chi connectivity index (χ1n) is 10.9. The van der Waals surface area contributed by atoms with Crippen LogP contribution in [-0.2, 0) is 6.42 Å². The maximum absolute atomic E-state index is 5.78. The molecule has 4 aromatic rings. The second-order valence-electron chi connectivity index (χ2n) is 8.09. The summed E-state index contributed by atoms with van der Waals surface area (Å²) in [7, 11) is 3.33. The summed E-state index contributed by atoms with van der Waals surface area (Å²) in [5.41, 5.74) is 6.69. The fourth-order valence-electron chi connectivity index (χ4n) is 4.68. The van der Waals surface area contributed by atoms with Gasteiger partial charge in [0.05, 0.1) is 14.2 Å². The van der Waals surface area contributed by atoms with E-state index in [0.29, 0.717) is 11.5 Å². The van der Waals surface area contributed by atoms with Gasteiger partial charge in [0, 0.05) is 5.56 Å². The van der Waals surface area contributed by atoms with E-state index in [1.54, 1.807) is 14.2 Å². The number of fused-ring (bicyclic) bond motifs is 2. The lowest BCUT2D eigenvalue weighted by Crippen LogP contribution is -2.02. The number of benzene rings is 4. The molecular weight excluding hydrogens is 412 g/mol. The van der Waals surface area contributed by atoms with Crippen molar-refractivity contribution in [2.45, 2.75) is 13.3 Å². The predicted octanol–water partition coefficient (Wildman–Crippen LogP) is 6.79. The van der Waals surface area contributed by atoms with E-state index < -0.39 is 0 Å². The Kier molecular flexibility index (Phi) is 5.43. The van der Waals surface area contributed by atoms with Gasteiger partial charge in [0.1, 0.15) is 0 Å². The van der Waals surface area contributed by atoms with E-state index in [9.17, 15) is 0 Å². The Labute approximate surface area is 194 Å². The molecule has 5 rings (SSSR count). The first kappa shape index (κ1) is 21.0. The lowest BCUT2D eigenvalue weighted by molar-refractivity contribution is 0.174. The number of ether oxygens (including phenoxy) is 4. The Balaban J connectivity index is 1.78. The van der Waals surface area contributed by atoms with Crippen LogP contribution in [0.4, 0.5) is 0 Å². The second-order valence-corrected chi connectivity index (χ2v) is 8.09. The van der Waals surface area contributed by atoms with Crippen molar-refractivity contribution in [3.8, 4) is 34.1 Å². The zero-order valence-corrected chi connectivity index (χ0v) is 19.1. The van der Waals surface area contributed by atoms with Gasteiger partial charge in [-0.25, -0.2) is 0 Å². The predicted molar refractivity (Wildman–Crippen MR) is 133 cm³/mol. The largest absolute Gasteiger partial charge is 0.493 e. The zero-order chi connectivity index (χ0) is 22.9. The van der Waals surface area contributed by atoms with Crippen LogP contribution < -0.4 is 18.9 Å². The first-order chi connectivity index (χ1) is 16.1. The fourth-order valence-corrected chi connectivity index (χ4v) is 4.68. The molecule has 1 aliphatic heterocycles. The van der Waals surface area contributed by atoms with Gasteiger partial charge in [-0.15, -0.1) is 0 Å². The molecule has 4 aromatic carbocycles. The highest BCUT2D eigenvalue weighted by Gasteiger charge is 2.22. The molecule has 4 heteroatoms. The van der Waals surface area contributed by atoms with Crippen LogP contribution in [0.25, 0.3) is 28.0 Å². The van der Waals surface area contributed by atoms with Crippen molar-refractivity contribution in [1.29, 1.82) is 0 Å². The zero-order valence-electron chi connectivity index (χ0n) is 19.1. The molecule has 0 spiro atoms. The minimum Gasteiger partial charge on any atom is -0.493 e. The van der Waals surface area contributed by atoms with Crippen molar-refractivity contribution in [3.63, 3.8) is 0 Å². The van der Waals surface area contributed by atoms with Gasteiger partial charge in [-0.2, -0.15) is 0 Å². The number of hydrogen-bond donors (Lipinski definition) is 0. The third kappa shape index (κ3) is 3.58. The third-order valence-corrected chi connectivity index (χ3v) is 6.28. The molecule has 0 fully saturated rings. The second kappa shape index (κ2) is 8.55. The van der Waals surface area contributed by atoms with E-state index in [-0.39, 0.29) is 6.79 Å². The summed E-state index contributed by atoms with van der Waals surface area (Å²) in [6.45, 7) is 6.52. The highest BCUT2D eigenvalue weighted by atomic mass is 16.7. The Morgan fingerprint density at radius 3 is 2.39 bits per heavy atom. The van der Waals surface area contributed by atoms with E-state index in [2.05, 4.69) is 62.0 Å². The summed E-state index contributed by atoms with van der Waals surface area (Å²) < 4.78 is 22.7. The summed E-state index contributed by atoms with van der Waals surface area (Å²) in [6, 6.07) is 20.9. The molecule has 1 heterocycles. The van der Waals surface area contributed by atoms with Crippen LogP contribution in [0.3, 0.4) is 0 Å². The molecule has 166 valence electrons. The Bertz CT molecular complexity index is 1360. The normalized spacial score (nSPS) is 12.1. The molecular formula is C29H26O4. The van der Waals surface area contributed by atoms with Crippen molar-refractivity contribution in [3.05, 3.63) is 89.5 Å². The summed E-state index contributed by atoms with van der Waals surface area (Å²) in [6.07, 6.45) is 2.62. The number of aryl methyl sites for hydroxylation is 1. The molecule has 0 aliphatic carbocycles. The average Bonchev–Trinajstić information content (AvgIpc) is 3.31. The standard InChI is InChI=1S/C29H26O4/c1-5-22-28(21(13-19-9-7-6-8-10-19)15-27(30-3)29(22)31-4)23-12-11-20-14-25-26(33-17-32-25)16-24(20)18(23)2/h5-12,14-16H,1,13,17H2,2-4H3. The Morgan fingerprint density at radius 2 is 1.70 bits per heavy atom. The summed E-state index contributed by atoms with van der Waals surface area (Å²) >= 11 is 0.